The molecule has 0 spiro atoms. The fourth-order valence-electron chi connectivity index (χ4n) is 19.4. The van der Waals surface area contributed by atoms with E-state index in [2.05, 4.69) is 90.4 Å². The van der Waals surface area contributed by atoms with Gasteiger partial charge in [0.05, 0.1) is 59.4 Å². The maximum absolute atomic E-state index is 14.6. The van der Waals surface area contributed by atoms with Crippen LogP contribution in [0.3, 0.4) is 0 Å². The van der Waals surface area contributed by atoms with Gasteiger partial charge in [0.1, 0.15) is 42.3 Å². The second-order valence-electron chi connectivity index (χ2n) is 38.4. The van der Waals surface area contributed by atoms with Crippen LogP contribution in [0.25, 0.3) is 0 Å². The molecule has 3 aliphatic heterocycles. The number of hydrogen-bond acceptors (Lipinski definition) is 21. The van der Waals surface area contributed by atoms with Gasteiger partial charge in [-0.3, -0.25) is 71.9 Å². The molecular formula is C87H150N20O16. The lowest BCUT2D eigenvalue weighted by molar-refractivity contribution is -0.143. The van der Waals surface area contributed by atoms with E-state index in [0.29, 0.717) is 161 Å². The van der Waals surface area contributed by atoms with E-state index < -0.39 is 215 Å². The van der Waals surface area contributed by atoms with E-state index in [0.717, 1.165) is 0 Å². The van der Waals surface area contributed by atoms with E-state index in [-0.39, 0.29) is 99.8 Å². The fourth-order valence-corrected chi connectivity index (χ4v) is 19.4. The van der Waals surface area contributed by atoms with Crippen LogP contribution in [0, 0.1) is 76.9 Å². The average molecular weight is 1730 g/mol. The van der Waals surface area contributed by atoms with Crippen molar-refractivity contribution >= 4 is 88.7 Å². The Balaban J connectivity index is 0.832. The number of carboxylic acids is 1. The number of rotatable bonds is 47. The van der Waals surface area contributed by atoms with E-state index in [1.165, 1.54) is 0 Å². The van der Waals surface area contributed by atoms with Crippen LogP contribution in [0.5, 0.6) is 0 Å². The van der Waals surface area contributed by atoms with Crippen LogP contribution in [0.1, 0.15) is 236 Å². The smallest absolute Gasteiger partial charge is 0.308 e. The van der Waals surface area contributed by atoms with Crippen molar-refractivity contribution in [2.24, 2.45) is 94.1 Å². The van der Waals surface area contributed by atoms with Crippen LogP contribution in [0.2, 0.25) is 0 Å². The monoisotopic (exact) mass is 1730 g/mol. The molecule has 0 aromatic heterocycles. The predicted molar refractivity (Wildman–Crippen MR) is 462 cm³/mol. The molecule has 24 N–H and O–H groups in total. The van der Waals surface area contributed by atoms with E-state index >= 15 is 0 Å². The molecule has 36 heteroatoms. The Morgan fingerprint density at radius 1 is 0.276 bits per heavy atom. The van der Waals surface area contributed by atoms with E-state index in [4.69, 9.17) is 17.2 Å². The number of nitrogens with two attached hydrogens (primary N) is 3. The summed E-state index contributed by atoms with van der Waals surface area (Å²) in [4.78, 5) is 212. The molecule has 8 fully saturated rings. The van der Waals surface area contributed by atoms with E-state index in [1.54, 1.807) is 0 Å². The van der Waals surface area contributed by atoms with Crippen molar-refractivity contribution in [3.8, 4) is 0 Å². The zero-order valence-corrected chi connectivity index (χ0v) is 74.5. The third-order valence-electron chi connectivity index (χ3n) is 26.1. The number of nitrogens with one attached hydrogen (secondary N) is 17. The highest BCUT2D eigenvalue weighted by Gasteiger charge is 2.47. The van der Waals surface area contributed by atoms with Crippen molar-refractivity contribution in [1.82, 2.24) is 90.4 Å². The summed E-state index contributed by atoms with van der Waals surface area (Å²) in [6, 6.07) is -11.8. The lowest BCUT2D eigenvalue weighted by Gasteiger charge is -2.30. The lowest BCUT2D eigenvalue weighted by Crippen LogP contribution is -2.58. The number of unbranched alkanes of at least 4 members (excludes halogenated alkanes) is 2. The number of carboxylic acid groups (broad SMARTS) is 1. The van der Waals surface area contributed by atoms with Crippen molar-refractivity contribution < 1.29 is 77.0 Å². The molecule has 694 valence electrons. The summed E-state index contributed by atoms with van der Waals surface area (Å²) in [5.41, 5.74) is 18.0. The second-order valence-corrected chi connectivity index (χ2v) is 38.4. The van der Waals surface area contributed by atoms with Gasteiger partial charge in [0.25, 0.3) is 0 Å². The SMILES string of the molecule is CC(C)C[C@H](NC(=O)[C@H]1CNC[C@@H]1NC(=O)[C@H](CC(C)C)NC(=O)[C@H]1CCC[C@@H]1NC(=O)[C@H](CCCCN)NC(=O)[C@H]1CCC[C@@H]1NC(=O)[C@H](CC(C)C)NC(=O)[C@H]1CNC[C@@H]1NC(=O)[C@H](CC(C)C)NC(=O)[C@H]1CCC[C@@H]1NC(=O)[C@H](CCCCN)NC(=O)[C@H]1CCC[C@@H]1NC(=O)[C@H](CC(C)C)NC(=O)[C@H]1CNC[C@@H]1N)C(=O)N[C@H]1CCC[C@@H]1C(=O)O. The van der Waals surface area contributed by atoms with Crippen LogP contribution in [-0.2, 0) is 71.9 Å². The summed E-state index contributed by atoms with van der Waals surface area (Å²) in [5, 5.41) is 61.1. The zero-order chi connectivity index (χ0) is 89.9. The Morgan fingerprint density at radius 2 is 0.496 bits per heavy atom. The molecule has 0 aromatic carbocycles. The van der Waals surface area contributed by atoms with Gasteiger partial charge in [-0.15, -0.1) is 0 Å². The maximum Gasteiger partial charge on any atom is 0.308 e. The first kappa shape index (κ1) is 100. The van der Waals surface area contributed by atoms with Gasteiger partial charge in [0.15, 0.2) is 0 Å². The molecule has 8 aliphatic rings. The van der Waals surface area contributed by atoms with Crippen LogP contribution in [0.4, 0.5) is 0 Å². The number of aliphatic carboxylic acids is 1. The van der Waals surface area contributed by atoms with Crippen molar-refractivity contribution in [3.63, 3.8) is 0 Å². The first-order valence-electron chi connectivity index (χ1n) is 46.3. The largest absolute Gasteiger partial charge is 0.481 e. The summed E-state index contributed by atoms with van der Waals surface area (Å²) in [7, 11) is 0. The highest BCUT2D eigenvalue weighted by molar-refractivity contribution is 5.96. The summed E-state index contributed by atoms with van der Waals surface area (Å²) >= 11 is 0. The van der Waals surface area contributed by atoms with Gasteiger partial charge in [0, 0.05) is 75.5 Å². The molecule has 3 heterocycles. The third-order valence-corrected chi connectivity index (χ3v) is 26.1. The quantitative estimate of drug-likeness (QED) is 0.0336. The zero-order valence-electron chi connectivity index (χ0n) is 74.5. The van der Waals surface area contributed by atoms with Crippen molar-refractivity contribution in [2.75, 3.05) is 52.4 Å². The number of carbonyl (C=O) groups is 15. The molecule has 0 unspecified atom stereocenters. The molecule has 8 rings (SSSR count). The Bertz CT molecular complexity index is 3590. The summed E-state index contributed by atoms with van der Waals surface area (Å²) < 4.78 is 0. The number of amides is 14. The highest BCUT2D eigenvalue weighted by Crippen LogP contribution is 2.33. The van der Waals surface area contributed by atoms with Crippen LogP contribution >= 0.6 is 0 Å². The Labute approximate surface area is 726 Å². The Morgan fingerprint density at radius 3 is 0.748 bits per heavy atom. The topological polar surface area (TPSA) is 559 Å². The minimum atomic E-state index is -1.05. The van der Waals surface area contributed by atoms with Gasteiger partial charge >= 0.3 is 5.97 Å². The van der Waals surface area contributed by atoms with E-state index in [9.17, 15) is 77.0 Å². The molecule has 14 amide bonds. The van der Waals surface area contributed by atoms with Crippen LogP contribution in [0.15, 0.2) is 0 Å². The molecule has 3 saturated heterocycles. The molecule has 36 nitrogen and oxygen atoms in total. The average Bonchev–Trinajstić information content (AvgIpc) is 1.72. The standard InChI is InChI=1S/C87H150N20O16/c1-45(2)34-66(103-77(112)55-39-91-42-58(55)90)82(117)96-61-29-15-20-50(61)73(108)99-64(25-11-13-32-88)80(115)94-59-27-17-22-52(59)75(110)101-69(37-48(7)8)85(120)106-71-43-92-40-56(71)78(113)104-67(35-46(3)4)83(118)97-62-30-16-21-51(62)74(109)100-65(26-12-14-33-89)81(116)95-60-28-18-23-53(60)76(111)102-70(38-49(9)10)86(121)107-72-44-93-41-57(72)79(114)105-68(36-47(5)6)84(119)98-63-31-19-24-54(63)87(122)123/h45-72,91-93H,11-44,88-90H2,1-10H3,(H,94,115)(H,95,116)(H,96,117)(H,97,118)(H,98,119)(H,99,108)(H,100,109)(H,101,110)(H,102,111)(H,103,112)(H,104,113)(H,105,114)(H,106,120)(H,107,121)(H,122,123)/t50-,51-,52-,53-,54-,55-,56-,57-,58-,59-,60-,61-,62-,63-,64-,65-,66-,67-,68-,69-,70-,71-,72-/m0/s1. The molecule has 5 saturated carbocycles. The second kappa shape index (κ2) is 49.1. The molecule has 5 aliphatic carbocycles. The lowest BCUT2D eigenvalue weighted by atomic mass is 9.96. The van der Waals surface area contributed by atoms with Gasteiger partial charge in [0.2, 0.25) is 82.7 Å². The van der Waals surface area contributed by atoms with Crippen LogP contribution in [-0.4, -0.2) is 237 Å². The first-order chi connectivity index (χ1) is 58.5. The van der Waals surface area contributed by atoms with Gasteiger partial charge < -0.3 is 113 Å². The maximum atomic E-state index is 14.6. The molecule has 23 atom stereocenters. The Kier molecular flexibility index (Phi) is 40.0. The number of carbonyl (C=O) groups excluding carboxylic acids is 14. The third kappa shape index (κ3) is 30.0. The molecule has 0 bridgehead atoms. The van der Waals surface area contributed by atoms with Crippen molar-refractivity contribution in [2.45, 2.75) is 327 Å². The summed E-state index contributed by atoms with van der Waals surface area (Å²) in [6.07, 6.45) is 11.6. The van der Waals surface area contributed by atoms with Crippen LogP contribution < -0.4 is 108 Å². The number of hydrogen-bond donors (Lipinski definition) is 21. The minimum absolute atomic E-state index is 0.00241. The van der Waals surface area contributed by atoms with Crippen molar-refractivity contribution in [1.29, 1.82) is 0 Å². The first-order valence-corrected chi connectivity index (χ1v) is 46.3. The Hall–Kier alpha value is -8.19. The van der Waals surface area contributed by atoms with Gasteiger partial charge in [-0.25, -0.2) is 0 Å². The fraction of sp³-hybridized carbons (Fsp3) is 0.828. The van der Waals surface area contributed by atoms with Crippen molar-refractivity contribution in [3.05, 3.63) is 0 Å². The molecular weight excluding hydrogens is 1580 g/mol. The normalized spacial score (nSPS) is 27.9. The highest BCUT2D eigenvalue weighted by atomic mass is 16.4. The van der Waals surface area contributed by atoms with E-state index in [1.807, 2.05) is 69.2 Å². The molecule has 123 heavy (non-hydrogen) atoms. The molecule has 0 aromatic rings. The van der Waals surface area contributed by atoms with Gasteiger partial charge in [-0.2, -0.15) is 0 Å². The summed E-state index contributed by atoms with van der Waals surface area (Å²) in [6.45, 7) is 21.6. The molecule has 0 radical (unpaired) electrons. The summed E-state index contributed by atoms with van der Waals surface area (Å²) in [5.74, 6) is -13.2. The predicted octanol–water partition coefficient (Wildman–Crippen LogP) is -0.667. The van der Waals surface area contributed by atoms with Gasteiger partial charge in [-0.1, -0.05) is 101 Å². The van der Waals surface area contributed by atoms with Gasteiger partial charge in [-0.05, 0) is 178 Å². The minimum Gasteiger partial charge on any atom is -0.481 e.